The van der Waals surface area contributed by atoms with Crippen LogP contribution in [-0.4, -0.2) is 45.9 Å². The highest BCUT2D eigenvalue weighted by atomic mass is 32.2. The zero-order chi connectivity index (χ0) is 20.7. The molecular formula is C24H51O2S2+. The lowest BCUT2D eigenvalue weighted by Crippen LogP contribution is -2.21. The first-order valence-corrected chi connectivity index (χ1v) is 14.6. The van der Waals surface area contributed by atoms with Gasteiger partial charge in [-0.2, -0.15) is 12.6 Å². The summed E-state index contributed by atoms with van der Waals surface area (Å²) in [6, 6.07) is 0. The molecule has 0 rings (SSSR count). The van der Waals surface area contributed by atoms with Crippen LogP contribution in [0.15, 0.2) is 0 Å². The number of unbranched alkanes of at least 4 members (excludes halogenated alkanes) is 13. The third kappa shape index (κ3) is 21.3. The highest BCUT2D eigenvalue weighted by Gasteiger charge is 2.18. The zero-order valence-electron chi connectivity index (χ0n) is 18.9. The summed E-state index contributed by atoms with van der Waals surface area (Å²) < 4.78 is 0. The lowest BCUT2D eigenvalue weighted by molar-refractivity contribution is 0.169. The molecule has 0 amide bonds. The average molecular weight is 436 g/mol. The quantitative estimate of drug-likeness (QED) is 0.0968. The minimum atomic E-state index is -0.182. The summed E-state index contributed by atoms with van der Waals surface area (Å²) >= 11 is 4.21. The van der Waals surface area contributed by atoms with Crippen molar-refractivity contribution in [3.05, 3.63) is 0 Å². The number of aliphatic hydroxyl groups excluding tert-OH is 2. The van der Waals surface area contributed by atoms with Crippen LogP contribution in [0.3, 0.4) is 0 Å². The van der Waals surface area contributed by atoms with E-state index in [1.165, 1.54) is 95.6 Å². The van der Waals surface area contributed by atoms with Gasteiger partial charge in [0.05, 0.1) is 6.10 Å². The average Bonchev–Trinajstić information content (AvgIpc) is 2.69. The smallest absolute Gasteiger partial charge is 0.110 e. The molecule has 170 valence electrons. The van der Waals surface area contributed by atoms with Crippen molar-refractivity contribution in [2.24, 2.45) is 0 Å². The monoisotopic (exact) mass is 435 g/mol. The molecule has 2 N–H and O–H groups in total. The molecule has 2 nitrogen and oxygen atoms in total. The van der Waals surface area contributed by atoms with E-state index in [0.29, 0.717) is 17.5 Å². The summed E-state index contributed by atoms with van der Waals surface area (Å²) in [5.74, 6) is 4.34. The second kappa shape index (κ2) is 23.9. The van der Waals surface area contributed by atoms with E-state index in [-0.39, 0.29) is 6.10 Å². The van der Waals surface area contributed by atoms with Crippen LogP contribution < -0.4 is 0 Å². The third-order valence-electron chi connectivity index (χ3n) is 5.58. The summed E-state index contributed by atoms with van der Waals surface area (Å²) in [7, 11) is 0.390. The van der Waals surface area contributed by atoms with Gasteiger partial charge in [0.15, 0.2) is 0 Å². The Morgan fingerprint density at radius 2 is 1.11 bits per heavy atom. The van der Waals surface area contributed by atoms with Crippen molar-refractivity contribution in [2.75, 3.05) is 29.6 Å². The first-order valence-electron chi connectivity index (χ1n) is 12.3. The summed E-state index contributed by atoms with van der Waals surface area (Å²) in [6.45, 7) is 2.59. The molecule has 0 aliphatic heterocycles. The van der Waals surface area contributed by atoms with E-state index in [1.54, 1.807) is 0 Å². The van der Waals surface area contributed by atoms with Crippen molar-refractivity contribution in [3.63, 3.8) is 0 Å². The first kappa shape index (κ1) is 28.6. The molecular weight excluding hydrogens is 384 g/mol. The fraction of sp³-hybridized carbons (Fsp3) is 1.00. The molecule has 0 radical (unpaired) electrons. The van der Waals surface area contributed by atoms with Crippen molar-refractivity contribution in [1.82, 2.24) is 0 Å². The Kier molecular flexibility index (Phi) is 24.4. The van der Waals surface area contributed by atoms with Crippen LogP contribution in [0.5, 0.6) is 0 Å². The maximum absolute atomic E-state index is 9.92. The van der Waals surface area contributed by atoms with Gasteiger partial charge < -0.3 is 10.2 Å². The van der Waals surface area contributed by atoms with Gasteiger partial charge in [-0.3, -0.25) is 0 Å². The van der Waals surface area contributed by atoms with Gasteiger partial charge >= 0.3 is 0 Å². The van der Waals surface area contributed by atoms with Gasteiger partial charge in [0.1, 0.15) is 17.3 Å². The predicted octanol–water partition coefficient (Wildman–Crippen LogP) is 6.54. The van der Waals surface area contributed by atoms with E-state index in [0.717, 1.165) is 36.5 Å². The Balaban J connectivity index is 3.48. The summed E-state index contributed by atoms with van der Waals surface area (Å²) in [5, 5.41) is 19.0. The molecule has 0 saturated carbocycles. The van der Waals surface area contributed by atoms with E-state index in [1.807, 2.05) is 0 Å². The standard InChI is InChI=1S/C24H50O2S2/c1-2-3-4-5-6-7-8-9-10-11-12-13-14-15-21-28(22-16-19-25)23-18-24(26)17-20-27/h24-26H,2-23H2,1H3/p+1. The van der Waals surface area contributed by atoms with Gasteiger partial charge in [0, 0.05) is 19.4 Å². The van der Waals surface area contributed by atoms with Gasteiger partial charge in [0.25, 0.3) is 0 Å². The number of thiol groups is 1. The van der Waals surface area contributed by atoms with Crippen molar-refractivity contribution in [2.45, 2.75) is 122 Å². The van der Waals surface area contributed by atoms with Gasteiger partial charge in [0.2, 0.25) is 0 Å². The second-order valence-electron chi connectivity index (χ2n) is 8.35. The molecule has 0 aromatic carbocycles. The predicted molar refractivity (Wildman–Crippen MR) is 133 cm³/mol. The molecule has 2 unspecified atom stereocenters. The Morgan fingerprint density at radius 3 is 1.57 bits per heavy atom. The number of rotatable bonds is 23. The fourth-order valence-electron chi connectivity index (χ4n) is 3.67. The second-order valence-corrected chi connectivity index (χ2v) is 11.2. The van der Waals surface area contributed by atoms with Crippen molar-refractivity contribution in [3.8, 4) is 0 Å². The Hall–Kier alpha value is 0.620. The number of hydrogen-bond acceptors (Lipinski definition) is 3. The van der Waals surface area contributed by atoms with Gasteiger partial charge in [-0.15, -0.1) is 0 Å². The summed E-state index contributed by atoms with van der Waals surface area (Å²) in [5.41, 5.74) is 0. The molecule has 0 aromatic rings. The van der Waals surface area contributed by atoms with E-state index in [9.17, 15) is 5.11 Å². The topological polar surface area (TPSA) is 40.5 Å². The largest absolute Gasteiger partial charge is 0.396 e. The fourth-order valence-corrected chi connectivity index (χ4v) is 6.34. The maximum atomic E-state index is 9.92. The minimum absolute atomic E-state index is 0.182. The van der Waals surface area contributed by atoms with Gasteiger partial charge in [-0.25, -0.2) is 0 Å². The van der Waals surface area contributed by atoms with Crippen LogP contribution in [0.2, 0.25) is 0 Å². The normalized spacial score (nSPS) is 13.7. The Bertz CT molecular complexity index is 290. The highest BCUT2D eigenvalue weighted by molar-refractivity contribution is 7.96. The van der Waals surface area contributed by atoms with Crippen LogP contribution >= 0.6 is 12.6 Å². The van der Waals surface area contributed by atoms with Crippen LogP contribution in [0.1, 0.15) is 116 Å². The molecule has 0 aliphatic rings. The summed E-state index contributed by atoms with van der Waals surface area (Å²) in [6.07, 6.45) is 22.2. The van der Waals surface area contributed by atoms with Crippen molar-refractivity contribution in [1.29, 1.82) is 0 Å². The van der Waals surface area contributed by atoms with Crippen LogP contribution in [0.4, 0.5) is 0 Å². The molecule has 0 fully saturated rings. The molecule has 0 spiro atoms. The molecule has 0 saturated heterocycles. The van der Waals surface area contributed by atoms with Crippen LogP contribution in [0.25, 0.3) is 0 Å². The molecule has 2 atom stereocenters. The molecule has 0 aromatic heterocycles. The van der Waals surface area contributed by atoms with E-state index in [4.69, 9.17) is 5.11 Å². The van der Waals surface area contributed by atoms with Crippen LogP contribution in [-0.2, 0) is 10.9 Å². The molecule has 0 bridgehead atoms. The Labute approximate surface area is 185 Å². The lowest BCUT2D eigenvalue weighted by atomic mass is 10.0. The molecule has 28 heavy (non-hydrogen) atoms. The Morgan fingerprint density at radius 1 is 0.643 bits per heavy atom. The number of aliphatic hydroxyl groups is 2. The number of hydrogen-bond donors (Lipinski definition) is 3. The van der Waals surface area contributed by atoms with Gasteiger partial charge in [-0.05, 0) is 35.9 Å². The SMILES string of the molecule is CCCCCCCCCCCCCCCC[S+](CCCO)CCC(O)CCS. The third-order valence-corrected chi connectivity index (χ3v) is 8.38. The lowest BCUT2D eigenvalue weighted by Gasteiger charge is -2.12. The molecule has 0 heterocycles. The van der Waals surface area contributed by atoms with Crippen molar-refractivity contribution < 1.29 is 10.2 Å². The molecule has 4 heteroatoms. The van der Waals surface area contributed by atoms with E-state index < -0.39 is 0 Å². The van der Waals surface area contributed by atoms with Gasteiger partial charge in [-0.1, -0.05) is 84.0 Å². The zero-order valence-corrected chi connectivity index (χ0v) is 20.6. The molecule has 0 aliphatic carbocycles. The highest BCUT2D eigenvalue weighted by Crippen LogP contribution is 2.14. The van der Waals surface area contributed by atoms with E-state index in [2.05, 4.69) is 19.6 Å². The van der Waals surface area contributed by atoms with E-state index >= 15 is 0 Å². The van der Waals surface area contributed by atoms with Crippen molar-refractivity contribution >= 4 is 23.5 Å². The maximum Gasteiger partial charge on any atom is 0.110 e. The minimum Gasteiger partial charge on any atom is -0.396 e. The van der Waals surface area contributed by atoms with Crippen LogP contribution in [0, 0.1) is 0 Å². The first-order chi connectivity index (χ1) is 13.7. The summed E-state index contributed by atoms with van der Waals surface area (Å²) in [4.78, 5) is 0.